The number of unbranched alkanes of at least 4 members (excludes halogenated alkanes) is 1. The highest BCUT2D eigenvalue weighted by Gasteiger charge is 2.41. The van der Waals surface area contributed by atoms with E-state index in [1.54, 1.807) is 0 Å². The molecule has 1 saturated carbocycles. The molecule has 0 bridgehead atoms. The van der Waals surface area contributed by atoms with Gasteiger partial charge in [-0.15, -0.1) is 0 Å². The monoisotopic (exact) mass is 394 g/mol. The van der Waals surface area contributed by atoms with Crippen LogP contribution in [0.15, 0.2) is 23.2 Å². The smallest absolute Gasteiger partial charge is 0.149 e. The highest BCUT2D eigenvalue weighted by Crippen LogP contribution is 2.35. The summed E-state index contributed by atoms with van der Waals surface area (Å²) in [5.74, 6) is -0.495. The van der Waals surface area contributed by atoms with Crippen molar-refractivity contribution in [1.29, 1.82) is 0 Å². The molecule has 2 aromatic rings. The average molecular weight is 395 g/mol. The summed E-state index contributed by atoms with van der Waals surface area (Å²) in [5, 5.41) is 1.25. The van der Waals surface area contributed by atoms with Crippen molar-refractivity contribution in [1.82, 2.24) is 4.98 Å². The van der Waals surface area contributed by atoms with Crippen molar-refractivity contribution in [2.24, 2.45) is 16.3 Å². The normalized spacial score (nSPS) is 20.5. The van der Waals surface area contributed by atoms with E-state index >= 15 is 0 Å². The summed E-state index contributed by atoms with van der Waals surface area (Å²) in [7, 11) is 0. The summed E-state index contributed by atoms with van der Waals surface area (Å²) in [6.45, 7) is 11.1. The van der Waals surface area contributed by atoms with Gasteiger partial charge in [0.2, 0.25) is 0 Å². The van der Waals surface area contributed by atoms with Crippen molar-refractivity contribution in [3.05, 3.63) is 35.0 Å². The highest BCUT2D eigenvalue weighted by molar-refractivity contribution is 6.22. The first-order chi connectivity index (χ1) is 13.7. The molecule has 3 rings (SSSR count). The largest absolute Gasteiger partial charge is 0.358 e. The van der Waals surface area contributed by atoms with Gasteiger partial charge in [-0.2, -0.15) is 0 Å². The minimum Gasteiger partial charge on any atom is -0.358 e. The Labute approximate surface area is 174 Å². The van der Waals surface area contributed by atoms with E-state index in [1.807, 2.05) is 0 Å². The number of hydrogen-bond donors (Lipinski definition) is 1. The van der Waals surface area contributed by atoms with Gasteiger partial charge in [0.25, 0.3) is 0 Å². The molecule has 1 fully saturated rings. The number of carbonyl (C=O) groups is 2. The fourth-order valence-electron chi connectivity index (χ4n) is 4.55. The lowest BCUT2D eigenvalue weighted by molar-refractivity contribution is -0.132. The first kappa shape index (κ1) is 21.5. The second-order valence-electron chi connectivity index (χ2n) is 9.39. The van der Waals surface area contributed by atoms with E-state index in [4.69, 9.17) is 4.99 Å². The number of aromatic amines is 1. The standard InChI is InChI=1S/C25H34N2O2/c1-6-7-8-22(28)24-21(14-25(4,5)15-23(24)29)26-12-11-18-17(3)27-20-10-9-16(2)13-19(18)20/h9-10,13,24,27H,6-8,11-12,14-15H2,1-5H3/t24-/m1/s1. The van der Waals surface area contributed by atoms with Crippen molar-refractivity contribution < 1.29 is 9.59 Å². The molecule has 1 aliphatic carbocycles. The Kier molecular flexibility index (Phi) is 6.40. The molecule has 1 aromatic carbocycles. The number of aliphatic imine (C=N–C) groups is 1. The van der Waals surface area contributed by atoms with E-state index in [2.05, 4.69) is 57.8 Å². The van der Waals surface area contributed by atoms with E-state index in [0.717, 1.165) is 36.9 Å². The quantitative estimate of drug-likeness (QED) is 0.627. The van der Waals surface area contributed by atoms with Crippen molar-refractivity contribution in [2.45, 2.75) is 73.1 Å². The fraction of sp³-hybridized carbons (Fsp3) is 0.560. The minimum absolute atomic E-state index is 0.0556. The second-order valence-corrected chi connectivity index (χ2v) is 9.39. The molecule has 156 valence electrons. The highest BCUT2D eigenvalue weighted by atomic mass is 16.2. The number of Topliss-reactive ketones (excluding diaryl/α,β-unsaturated/α-hetero) is 2. The minimum atomic E-state index is -0.610. The number of aromatic nitrogens is 1. The van der Waals surface area contributed by atoms with Crippen molar-refractivity contribution in [3.8, 4) is 0 Å². The number of aryl methyl sites for hydroxylation is 2. The molecule has 4 nitrogen and oxygen atoms in total. The SMILES string of the molecule is CCCCC(=O)[C@@H]1C(=O)CC(C)(C)CC1=NCCc1c(C)[nH]c2ccc(C)cc12. The molecule has 29 heavy (non-hydrogen) atoms. The van der Waals surface area contributed by atoms with Gasteiger partial charge in [0.15, 0.2) is 0 Å². The van der Waals surface area contributed by atoms with Crippen LogP contribution in [-0.2, 0) is 16.0 Å². The zero-order valence-corrected chi connectivity index (χ0v) is 18.5. The van der Waals surface area contributed by atoms with Gasteiger partial charge in [0.1, 0.15) is 17.5 Å². The van der Waals surface area contributed by atoms with Gasteiger partial charge in [-0.1, -0.05) is 38.8 Å². The Morgan fingerprint density at radius 2 is 2.00 bits per heavy atom. The van der Waals surface area contributed by atoms with Crippen LogP contribution in [0.25, 0.3) is 10.9 Å². The summed E-state index contributed by atoms with van der Waals surface area (Å²) in [5.41, 5.74) is 5.53. The van der Waals surface area contributed by atoms with Gasteiger partial charge < -0.3 is 4.98 Å². The molecular weight excluding hydrogens is 360 g/mol. The Morgan fingerprint density at radius 1 is 1.24 bits per heavy atom. The lowest BCUT2D eigenvalue weighted by Crippen LogP contribution is -2.42. The Morgan fingerprint density at radius 3 is 2.72 bits per heavy atom. The van der Waals surface area contributed by atoms with Crippen LogP contribution >= 0.6 is 0 Å². The number of nitrogens with zero attached hydrogens (tertiary/aromatic N) is 1. The topological polar surface area (TPSA) is 62.3 Å². The first-order valence-electron chi connectivity index (χ1n) is 10.9. The molecule has 0 spiro atoms. The molecule has 4 heteroatoms. The Hall–Kier alpha value is -2.23. The third kappa shape index (κ3) is 4.85. The number of rotatable bonds is 7. The summed E-state index contributed by atoms with van der Waals surface area (Å²) in [6, 6.07) is 6.45. The van der Waals surface area contributed by atoms with Crippen molar-refractivity contribution in [3.63, 3.8) is 0 Å². The summed E-state index contributed by atoms with van der Waals surface area (Å²) in [4.78, 5) is 33.8. The first-order valence-corrected chi connectivity index (χ1v) is 10.9. The number of hydrogen-bond acceptors (Lipinski definition) is 3. The maximum Gasteiger partial charge on any atom is 0.149 e. The van der Waals surface area contributed by atoms with E-state index in [9.17, 15) is 9.59 Å². The molecule has 1 aliphatic rings. The molecule has 1 heterocycles. The molecule has 0 aliphatic heterocycles. The molecule has 0 saturated heterocycles. The van der Waals surface area contributed by atoms with Crippen LogP contribution in [0.5, 0.6) is 0 Å². The summed E-state index contributed by atoms with van der Waals surface area (Å²) >= 11 is 0. The molecule has 0 amide bonds. The molecule has 0 unspecified atom stereocenters. The maximum absolute atomic E-state index is 12.8. The molecule has 0 radical (unpaired) electrons. The van der Waals surface area contributed by atoms with Crippen LogP contribution < -0.4 is 0 Å². The van der Waals surface area contributed by atoms with E-state index in [-0.39, 0.29) is 17.0 Å². The van der Waals surface area contributed by atoms with Crippen LogP contribution in [0.2, 0.25) is 0 Å². The number of nitrogens with one attached hydrogen (secondary N) is 1. The third-order valence-electron chi connectivity index (χ3n) is 6.02. The van der Waals surface area contributed by atoms with Gasteiger partial charge in [0, 0.05) is 41.7 Å². The molecule has 1 N–H and O–H groups in total. The molecule has 1 atom stereocenters. The van der Waals surface area contributed by atoms with Crippen LogP contribution in [0.4, 0.5) is 0 Å². The number of carbonyl (C=O) groups excluding carboxylic acids is 2. The fourth-order valence-corrected chi connectivity index (χ4v) is 4.55. The zero-order chi connectivity index (χ0) is 21.2. The van der Waals surface area contributed by atoms with Gasteiger partial charge >= 0.3 is 0 Å². The number of H-pyrrole nitrogens is 1. The van der Waals surface area contributed by atoms with E-state index in [0.29, 0.717) is 19.4 Å². The second kappa shape index (κ2) is 8.64. The lowest BCUT2D eigenvalue weighted by atomic mass is 9.69. The third-order valence-corrected chi connectivity index (χ3v) is 6.02. The van der Waals surface area contributed by atoms with Crippen LogP contribution in [0.3, 0.4) is 0 Å². The molecular formula is C25H34N2O2. The van der Waals surface area contributed by atoms with Gasteiger partial charge in [0.05, 0.1) is 0 Å². The maximum atomic E-state index is 12.8. The van der Waals surface area contributed by atoms with E-state index < -0.39 is 5.92 Å². The van der Waals surface area contributed by atoms with Gasteiger partial charge in [-0.25, -0.2) is 0 Å². The van der Waals surface area contributed by atoms with Gasteiger partial charge in [-0.05, 0) is 56.2 Å². The number of benzene rings is 1. The summed E-state index contributed by atoms with van der Waals surface area (Å²) < 4.78 is 0. The number of ketones is 2. The van der Waals surface area contributed by atoms with Crippen LogP contribution in [0.1, 0.15) is 69.7 Å². The van der Waals surface area contributed by atoms with Gasteiger partial charge in [-0.3, -0.25) is 14.6 Å². The molecule has 1 aromatic heterocycles. The van der Waals surface area contributed by atoms with E-state index in [1.165, 1.54) is 22.2 Å². The van der Waals surface area contributed by atoms with Crippen LogP contribution in [-0.4, -0.2) is 28.8 Å². The summed E-state index contributed by atoms with van der Waals surface area (Å²) in [6.07, 6.45) is 4.29. The lowest BCUT2D eigenvalue weighted by Gasteiger charge is -2.34. The predicted molar refractivity (Wildman–Crippen MR) is 120 cm³/mol. The van der Waals surface area contributed by atoms with Crippen molar-refractivity contribution in [2.75, 3.05) is 6.54 Å². The predicted octanol–water partition coefficient (Wildman–Crippen LogP) is 5.53. The Bertz CT molecular complexity index is 949. The zero-order valence-electron chi connectivity index (χ0n) is 18.5. The van der Waals surface area contributed by atoms with Crippen molar-refractivity contribution >= 4 is 28.2 Å². The average Bonchev–Trinajstić information content (AvgIpc) is 2.93. The number of fused-ring (bicyclic) bond motifs is 1. The Balaban J connectivity index is 1.82. The van der Waals surface area contributed by atoms with Crippen LogP contribution in [0, 0.1) is 25.2 Å².